The van der Waals surface area contributed by atoms with Crippen molar-refractivity contribution in [3.8, 4) is 5.88 Å². The Labute approximate surface area is 179 Å². The van der Waals surface area contributed by atoms with Crippen LogP contribution >= 0.6 is 23.1 Å². The lowest BCUT2D eigenvalue weighted by molar-refractivity contribution is -0.154. The van der Waals surface area contributed by atoms with E-state index in [0.717, 1.165) is 11.3 Å². The highest BCUT2D eigenvalue weighted by Gasteiger charge is 2.31. The molecular weight excluding hydrogens is 463 g/mol. The van der Waals surface area contributed by atoms with Crippen molar-refractivity contribution in [3.05, 3.63) is 40.2 Å². The van der Waals surface area contributed by atoms with Gasteiger partial charge in [0.15, 0.2) is 6.61 Å². The predicted octanol–water partition coefficient (Wildman–Crippen LogP) is 2.75. The Kier molecular flexibility index (Phi) is 7.26. The van der Waals surface area contributed by atoms with E-state index >= 15 is 0 Å². The van der Waals surface area contributed by atoms with Crippen LogP contribution in [0.1, 0.15) is 15.2 Å². The molecule has 0 aliphatic carbocycles. The van der Waals surface area contributed by atoms with Crippen LogP contribution in [0.5, 0.6) is 5.88 Å². The maximum absolute atomic E-state index is 12.9. The van der Waals surface area contributed by atoms with Crippen LogP contribution in [0.3, 0.4) is 0 Å². The van der Waals surface area contributed by atoms with E-state index in [0.29, 0.717) is 30.2 Å². The first-order valence-electron chi connectivity index (χ1n) is 8.75. The molecule has 0 bridgehead atoms. The van der Waals surface area contributed by atoms with Gasteiger partial charge in [-0.2, -0.15) is 29.2 Å². The lowest BCUT2D eigenvalue weighted by atomic mass is 10.2. The van der Waals surface area contributed by atoms with Gasteiger partial charge in [0.2, 0.25) is 15.9 Å². The van der Waals surface area contributed by atoms with Crippen LogP contribution in [0.2, 0.25) is 0 Å². The lowest BCUT2D eigenvalue weighted by Crippen LogP contribution is -2.38. The average molecular weight is 482 g/mol. The fraction of sp³-hybridized carbons (Fsp3) is 0.412. The van der Waals surface area contributed by atoms with Gasteiger partial charge in [-0.25, -0.2) is 13.4 Å². The van der Waals surface area contributed by atoms with Gasteiger partial charge in [-0.15, -0.1) is 11.3 Å². The normalized spacial score (nSPS) is 15.7. The van der Waals surface area contributed by atoms with Crippen molar-refractivity contribution in [1.82, 2.24) is 14.6 Å². The molecule has 1 fully saturated rings. The highest BCUT2D eigenvalue weighted by atomic mass is 32.2. The summed E-state index contributed by atoms with van der Waals surface area (Å²) in [5.41, 5.74) is 0.463. The maximum Gasteiger partial charge on any atom is 0.422 e. The van der Waals surface area contributed by atoms with Gasteiger partial charge >= 0.3 is 6.18 Å². The van der Waals surface area contributed by atoms with Crippen molar-refractivity contribution in [2.24, 2.45) is 0 Å². The first-order chi connectivity index (χ1) is 14.2. The second kappa shape index (κ2) is 9.54. The Morgan fingerprint density at radius 2 is 2.00 bits per heavy atom. The van der Waals surface area contributed by atoms with E-state index in [1.807, 2.05) is 0 Å². The molecule has 1 amide bonds. The SMILES string of the molecule is O=C(NCc1ccnc(OCC(F)(F)F)c1)c1sccc1S(=O)(=O)N1CCSCC1. The largest absolute Gasteiger partial charge is 0.468 e. The summed E-state index contributed by atoms with van der Waals surface area (Å²) < 4.78 is 68.5. The fourth-order valence-electron chi connectivity index (χ4n) is 2.65. The molecule has 0 unspecified atom stereocenters. The van der Waals surface area contributed by atoms with Crippen LogP contribution in [0.4, 0.5) is 13.2 Å². The third kappa shape index (κ3) is 5.86. The van der Waals surface area contributed by atoms with Gasteiger partial charge in [-0.3, -0.25) is 4.79 Å². The molecule has 0 spiro atoms. The number of thioether (sulfide) groups is 1. The summed E-state index contributed by atoms with van der Waals surface area (Å²) in [5, 5.41) is 4.13. The molecule has 13 heteroatoms. The monoisotopic (exact) mass is 481 g/mol. The number of hydrogen-bond donors (Lipinski definition) is 1. The second-order valence-electron chi connectivity index (χ2n) is 6.22. The van der Waals surface area contributed by atoms with Crippen molar-refractivity contribution in [1.29, 1.82) is 0 Å². The van der Waals surface area contributed by atoms with Crippen LogP contribution in [-0.4, -0.2) is 61.0 Å². The molecule has 1 saturated heterocycles. The second-order valence-corrected chi connectivity index (χ2v) is 10.3. The summed E-state index contributed by atoms with van der Waals surface area (Å²) in [5.74, 6) is 0.600. The molecule has 3 heterocycles. The zero-order valence-electron chi connectivity index (χ0n) is 15.5. The molecule has 1 aliphatic rings. The molecule has 1 N–H and O–H groups in total. The van der Waals surface area contributed by atoms with Crippen LogP contribution in [-0.2, 0) is 16.6 Å². The molecule has 7 nitrogen and oxygen atoms in total. The first-order valence-corrected chi connectivity index (χ1v) is 12.2. The third-order valence-corrected chi connectivity index (χ3v) is 7.99. The van der Waals surface area contributed by atoms with Crippen molar-refractivity contribution >= 4 is 39.0 Å². The van der Waals surface area contributed by atoms with Gasteiger partial charge in [0.25, 0.3) is 5.91 Å². The number of pyridine rings is 1. The quantitative estimate of drug-likeness (QED) is 0.654. The molecule has 3 rings (SSSR count). The summed E-state index contributed by atoms with van der Waals surface area (Å²) in [6.45, 7) is -0.716. The minimum atomic E-state index is -4.49. The summed E-state index contributed by atoms with van der Waals surface area (Å²) in [7, 11) is -3.77. The van der Waals surface area contributed by atoms with E-state index in [-0.39, 0.29) is 22.2 Å². The number of alkyl halides is 3. The lowest BCUT2D eigenvalue weighted by Gasteiger charge is -2.25. The molecule has 0 saturated carbocycles. The summed E-state index contributed by atoms with van der Waals surface area (Å²) in [6, 6.07) is 4.20. The minimum Gasteiger partial charge on any atom is -0.468 e. The number of amides is 1. The van der Waals surface area contributed by atoms with E-state index in [1.165, 1.54) is 34.1 Å². The first kappa shape index (κ1) is 22.8. The van der Waals surface area contributed by atoms with Crippen molar-refractivity contribution in [3.63, 3.8) is 0 Å². The molecule has 1 aliphatic heterocycles. The smallest absolute Gasteiger partial charge is 0.422 e. The molecule has 0 radical (unpaired) electrons. The van der Waals surface area contributed by atoms with Crippen LogP contribution in [0, 0.1) is 0 Å². The summed E-state index contributed by atoms with van der Waals surface area (Å²) >= 11 is 2.69. The molecule has 0 aromatic carbocycles. The number of aromatic nitrogens is 1. The number of ether oxygens (including phenoxy) is 1. The molecule has 164 valence electrons. The highest BCUT2D eigenvalue weighted by molar-refractivity contribution is 7.99. The standard InChI is InChI=1S/C17H18F3N3O4S3/c18-17(19,20)11-27-14-9-12(1-3-21-14)10-22-16(24)15-13(2-6-29-15)30(25,26)23-4-7-28-8-5-23/h1-3,6,9H,4-5,7-8,10-11H2,(H,22,24). The Hall–Kier alpha value is -1.83. The maximum atomic E-state index is 12.9. The number of carbonyl (C=O) groups excluding carboxylic acids is 1. The molecular formula is C17H18F3N3O4S3. The Balaban J connectivity index is 1.66. The number of halogens is 3. The molecule has 0 atom stereocenters. The summed E-state index contributed by atoms with van der Waals surface area (Å²) in [4.78, 5) is 16.3. The van der Waals surface area contributed by atoms with Gasteiger partial charge in [0, 0.05) is 43.4 Å². The number of sulfonamides is 1. The van der Waals surface area contributed by atoms with E-state index in [4.69, 9.17) is 0 Å². The van der Waals surface area contributed by atoms with E-state index in [9.17, 15) is 26.4 Å². The number of hydrogen-bond acceptors (Lipinski definition) is 7. The number of rotatable bonds is 7. The molecule has 2 aromatic rings. The number of nitrogens with zero attached hydrogens (tertiary/aromatic N) is 2. The number of thiophene rings is 1. The molecule has 30 heavy (non-hydrogen) atoms. The van der Waals surface area contributed by atoms with Gasteiger partial charge in [-0.05, 0) is 23.1 Å². The van der Waals surface area contributed by atoms with E-state index in [2.05, 4.69) is 15.0 Å². The van der Waals surface area contributed by atoms with Gasteiger partial charge in [0.05, 0.1) is 0 Å². The topological polar surface area (TPSA) is 88.6 Å². The van der Waals surface area contributed by atoms with Crippen LogP contribution in [0.25, 0.3) is 0 Å². The van der Waals surface area contributed by atoms with Gasteiger partial charge in [-0.1, -0.05) is 0 Å². The molecule has 2 aromatic heterocycles. The minimum absolute atomic E-state index is 0.0263. The van der Waals surface area contributed by atoms with E-state index < -0.39 is 28.7 Å². The highest BCUT2D eigenvalue weighted by Crippen LogP contribution is 2.27. The predicted molar refractivity (Wildman–Crippen MR) is 107 cm³/mol. The number of nitrogens with one attached hydrogen (secondary N) is 1. The Morgan fingerprint density at radius 1 is 1.27 bits per heavy atom. The zero-order valence-corrected chi connectivity index (χ0v) is 18.0. The zero-order chi connectivity index (χ0) is 21.8. The van der Waals surface area contributed by atoms with Crippen LogP contribution in [0.15, 0.2) is 34.7 Å². The van der Waals surface area contributed by atoms with Gasteiger partial charge < -0.3 is 10.1 Å². The van der Waals surface area contributed by atoms with Crippen molar-refractivity contribution in [2.75, 3.05) is 31.2 Å². The summed E-state index contributed by atoms with van der Waals surface area (Å²) in [6.07, 6.45) is -3.22. The fourth-order valence-corrected chi connectivity index (χ4v) is 6.54. The van der Waals surface area contributed by atoms with Crippen LogP contribution < -0.4 is 10.1 Å². The third-order valence-electron chi connectivity index (χ3n) is 4.06. The number of carbonyl (C=O) groups is 1. The van der Waals surface area contributed by atoms with Gasteiger partial charge in [0.1, 0.15) is 9.77 Å². The van der Waals surface area contributed by atoms with E-state index in [1.54, 1.807) is 11.8 Å². The average Bonchev–Trinajstić information content (AvgIpc) is 3.22. The van der Waals surface area contributed by atoms with Crippen molar-refractivity contribution in [2.45, 2.75) is 17.6 Å². The Bertz CT molecular complexity index is 989. The van der Waals surface area contributed by atoms with Crippen molar-refractivity contribution < 1.29 is 31.1 Å². The Morgan fingerprint density at radius 3 is 2.70 bits per heavy atom.